The number of nitrogens with one attached hydrogen (secondary N) is 2. The molecule has 0 radical (unpaired) electrons. The highest BCUT2D eigenvalue weighted by atomic mass is 32.2. The second kappa shape index (κ2) is 10.4. The topological polar surface area (TPSA) is 73.8 Å². The fourth-order valence-corrected chi connectivity index (χ4v) is 4.62. The summed E-state index contributed by atoms with van der Waals surface area (Å²) in [4.78, 5) is 18.6. The average molecular weight is 393 g/mol. The van der Waals surface area contributed by atoms with Gasteiger partial charge in [-0.15, -0.1) is 0 Å². The van der Waals surface area contributed by atoms with E-state index in [4.69, 9.17) is 0 Å². The first-order chi connectivity index (χ1) is 13.0. The molecule has 2 N–H and O–H groups in total. The fraction of sp³-hybridized carbons (Fsp3) is 0.600. The van der Waals surface area contributed by atoms with Gasteiger partial charge in [-0.2, -0.15) is 0 Å². The molecule has 1 unspecified atom stereocenters. The van der Waals surface area contributed by atoms with Gasteiger partial charge in [-0.1, -0.05) is 43.2 Å². The maximum atomic E-state index is 12.6. The minimum atomic E-state index is -0.923. The van der Waals surface area contributed by atoms with Crippen LogP contribution in [0.3, 0.4) is 0 Å². The molecule has 1 aromatic rings. The number of amides is 1. The molecule has 27 heavy (non-hydrogen) atoms. The monoisotopic (exact) mass is 392 g/mol. The summed E-state index contributed by atoms with van der Waals surface area (Å²) in [6.45, 7) is 1.16. The molecule has 0 bridgehead atoms. The Morgan fingerprint density at radius 2 is 1.85 bits per heavy atom. The fourth-order valence-electron chi connectivity index (χ4n) is 3.58. The lowest BCUT2D eigenvalue weighted by Gasteiger charge is -2.31. The summed E-state index contributed by atoms with van der Waals surface area (Å²) in [7, 11) is 4.42. The molecule has 150 valence electrons. The maximum Gasteiger partial charge on any atom is 0.230 e. The molecule has 7 heteroatoms. The van der Waals surface area contributed by atoms with Crippen molar-refractivity contribution in [3.05, 3.63) is 35.9 Å². The van der Waals surface area contributed by atoms with E-state index in [-0.39, 0.29) is 11.3 Å². The largest absolute Gasteiger partial charge is 0.355 e. The van der Waals surface area contributed by atoms with E-state index in [0.29, 0.717) is 30.6 Å². The average Bonchev–Trinajstić information content (AvgIpc) is 3.14. The highest BCUT2D eigenvalue weighted by Crippen LogP contribution is 2.38. The molecule has 6 nitrogen and oxygen atoms in total. The van der Waals surface area contributed by atoms with Crippen molar-refractivity contribution >= 4 is 22.7 Å². The second-order valence-electron chi connectivity index (χ2n) is 7.31. The van der Waals surface area contributed by atoms with Crippen LogP contribution in [0.15, 0.2) is 35.3 Å². The van der Waals surface area contributed by atoms with Crippen LogP contribution >= 0.6 is 0 Å². The zero-order valence-electron chi connectivity index (χ0n) is 16.7. The van der Waals surface area contributed by atoms with Crippen LogP contribution in [0.25, 0.3) is 0 Å². The lowest BCUT2D eigenvalue weighted by molar-refractivity contribution is -0.138. The molecule has 1 aliphatic rings. The first-order valence-electron chi connectivity index (χ1n) is 9.52. The van der Waals surface area contributed by atoms with Gasteiger partial charge in [0.25, 0.3) is 0 Å². The van der Waals surface area contributed by atoms with Crippen molar-refractivity contribution in [3.8, 4) is 0 Å². The van der Waals surface area contributed by atoms with Crippen molar-refractivity contribution in [1.82, 2.24) is 15.5 Å². The standard InChI is InChI=1S/C20H32N4O2S/c1-21-19(22-13-14-27(26)15-17-9-5-4-6-10-17)23-16-20(11-7-8-12-20)18(25)24(2)3/h4-6,9-10H,7-8,11-16H2,1-3H3,(H2,21,22,23). The molecule has 1 aliphatic carbocycles. The van der Waals surface area contributed by atoms with Crippen LogP contribution in [-0.2, 0) is 21.3 Å². The summed E-state index contributed by atoms with van der Waals surface area (Å²) in [6, 6.07) is 9.87. The lowest BCUT2D eigenvalue weighted by Crippen LogP contribution is -2.49. The Morgan fingerprint density at radius 1 is 1.19 bits per heavy atom. The number of hydrogen-bond acceptors (Lipinski definition) is 3. The Labute approximate surface area is 165 Å². The predicted octanol–water partition coefficient (Wildman–Crippen LogP) is 1.75. The van der Waals surface area contributed by atoms with Crippen LogP contribution in [0.5, 0.6) is 0 Å². The van der Waals surface area contributed by atoms with Gasteiger partial charge in [0.05, 0.1) is 5.41 Å². The van der Waals surface area contributed by atoms with Gasteiger partial charge in [0.15, 0.2) is 5.96 Å². The third-order valence-corrected chi connectivity index (χ3v) is 6.35. The zero-order valence-corrected chi connectivity index (χ0v) is 17.5. The molecule has 0 saturated heterocycles. The molecule has 1 amide bonds. The van der Waals surface area contributed by atoms with Gasteiger partial charge in [-0.3, -0.25) is 14.0 Å². The minimum Gasteiger partial charge on any atom is -0.355 e. The van der Waals surface area contributed by atoms with E-state index in [9.17, 15) is 9.00 Å². The summed E-state index contributed by atoms with van der Waals surface area (Å²) in [5.74, 6) is 1.96. The maximum absolute atomic E-state index is 12.6. The molecule has 1 saturated carbocycles. The van der Waals surface area contributed by atoms with Crippen LogP contribution < -0.4 is 10.6 Å². The van der Waals surface area contributed by atoms with Gasteiger partial charge >= 0.3 is 0 Å². The number of aliphatic imine (C=N–C) groups is 1. The van der Waals surface area contributed by atoms with Crippen molar-refractivity contribution in [3.63, 3.8) is 0 Å². The first kappa shape index (κ1) is 21.4. The molecule has 1 aromatic carbocycles. The van der Waals surface area contributed by atoms with Crippen molar-refractivity contribution in [1.29, 1.82) is 0 Å². The van der Waals surface area contributed by atoms with Crippen molar-refractivity contribution in [2.45, 2.75) is 31.4 Å². The number of hydrogen-bond donors (Lipinski definition) is 2. The van der Waals surface area contributed by atoms with E-state index < -0.39 is 10.8 Å². The lowest BCUT2D eigenvalue weighted by atomic mass is 9.84. The third kappa shape index (κ3) is 6.34. The Hall–Kier alpha value is -1.89. The number of carbonyl (C=O) groups is 1. The number of guanidine groups is 1. The molecule has 0 aliphatic heterocycles. The van der Waals surface area contributed by atoms with E-state index in [2.05, 4.69) is 15.6 Å². The summed E-state index contributed by atoms with van der Waals surface area (Å²) in [5, 5.41) is 6.52. The molecular weight excluding hydrogens is 360 g/mol. The summed E-state index contributed by atoms with van der Waals surface area (Å²) < 4.78 is 12.2. The second-order valence-corrected chi connectivity index (χ2v) is 8.89. The van der Waals surface area contributed by atoms with Gasteiger partial charge in [0.1, 0.15) is 0 Å². The van der Waals surface area contributed by atoms with Gasteiger partial charge in [0.2, 0.25) is 5.91 Å². The van der Waals surface area contributed by atoms with E-state index in [1.54, 1.807) is 11.9 Å². The molecular formula is C20H32N4O2S. The van der Waals surface area contributed by atoms with Crippen LogP contribution in [0.4, 0.5) is 0 Å². The molecule has 1 fully saturated rings. The molecule has 1 atom stereocenters. The van der Waals surface area contributed by atoms with Gasteiger partial charge in [-0.05, 0) is 18.4 Å². The Morgan fingerprint density at radius 3 is 2.44 bits per heavy atom. The van der Waals surface area contributed by atoms with E-state index >= 15 is 0 Å². The van der Waals surface area contributed by atoms with Crippen LogP contribution in [-0.4, -0.2) is 61.0 Å². The van der Waals surface area contributed by atoms with E-state index in [1.807, 2.05) is 44.4 Å². The summed E-state index contributed by atoms with van der Waals surface area (Å²) in [5.41, 5.74) is 0.751. The quantitative estimate of drug-likeness (QED) is 0.522. The number of rotatable bonds is 8. The Kier molecular flexibility index (Phi) is 8.28. The smallest absolute Gasteiger partial charge is 0.230 e. The normalized spacial score (nSPS) is 17.4. The minimum absolute atomic E-state index is 0.187. The predicted molar refractivity (Wildman–Crippen MR) is 112 cm³/mol. The van der Waals surface area contributed by atoms with Gasteiger partial charge in [0, 0.05) is 56.5 Å². The third-order valence-electron chi connectivity index (χ3n) is 5.03. The number of nitrogens with zero attached hydrogens (tertiary/aromatic N) is 2. The van der Waals surface area contributed by atoms with Crippen LogP contribution in [0.1, 0.15) is 31.2 Å². The van der Waals surface area contributed by atoms with E-state index in [0.717, 1.165) is 31.2 Å². The first-order valence-corrected chi connectivity index (χ1v) is 11.0. The van der Waals surface area contributed by atoms with Gasteiger partial charge < -0.3 is 15.5 Å². The van der Waals surface area contributed by atoms with E-state index in [1.165, 1.54) is 0 Å². The number of carbonyl (C=O) groups excluding carboxylic acids is 1. The van der Waals surface area contributed by atoms with Crippen molar-refractivity contribution in [2.24, 2.45) is 10.4 Å². The van der Waals surface area contributed by atoms with Crippen molar-refractivity contribution in [2.75, 3.05) is 40.0 Å². The SMILES string of the molecule is CN=C(NCCS(=O)Cc1ccccc1)NCC1(C(=O)N(C)C)CCCC1. The summed E-state index contributed by atoms with van der Waals surface area (Å²) >= 11 is 0. The number of benzene rings is 1. The molecule has 2 rings (SSSR count). The molecule has 0 spiro atoms. The summed E-state index contributed by atoms with van der Waals surface area (Å²) in [6.07, 6.45) is 4.00. The van der Waals surface area contributed by atoms with Crippen LogP contribution in [0.2, 0.25) is 0 Å². The zero-order chi connectivity index (χ0) is 19.7. The van der Waals surface area contributed by atoms with Crippen LogP contribution in [0, 0.1) is 5.41 Å². The molecule has 0 aromatic heterocycles. The van der Waals surface area contributed by atoms with Crippen molar-refractivity contribution < 1.29 is 9.00 Å². The van der Waals surface area contributed by atoms with Gasteiger partial charge in [-0.25, -0.2) is 0 Å². The highest BCUT2D eigenvalue weighted by molar-refractivity contribution is 7.84. The highest BCUT2D eigenvalue weighted by Gasteiger charge is 2.42. The molecule has 0 heterocycles. The Bertz CT molecular complexity index is 655. The Balaban J connectivity index is 1.78.